The normalized spacial score (nSPS) is 18.1. The third-order valence-corrected chi connectivity index (χ3v) is 6.07. The largest absolute Gasteiger partial charge is 0.458 e. The van der Waals surface area contributed by atoms with E-state index in [1.54, 1.807) is 16.7 Å². The Bertz CT molecular complexity index is 1410. The number of cyclic esters (lactones) is 1. The number of nitrogens with zero attached hydrogens (tertiary/aromatic N) is 2. The lowest BCUT2D eigenvalue weighted by Gasteiger charge is -2.21. The van der Waals surface area contributed by atoms with Crippen molar-refractivity contribution in [3.05, 3.63) is 56.9 Å². The van der Waals surface area contributed by atoms with E-state index in [9.17, 15) is 19.8 Å². The number of aliphatic hydroxyl groups excluding tert-OH is 2. The molecule has 3 aliphatic heterocycles. The molecule has 5 heterocycles. The Balaban J connectivity index is 1.62. The molecule has 32 heavy (non-hydrogen) atoms. The minimum Gasteiger partial charge on any atom is -0.458 e. The minimum absolute atomic E-state index is 0.0202. The predicted molar refractivity (Wildman–Crippen MR) is 112 cm³/mol. The number of pyridine rings is 2. The van der Waals surface area contributed by atoms with Gasteiger partial charge in [0.2, 0.25) is 6.79 Å². The number of fused-ring (bicyclic) bond motifs is 6. The zero-order chi connectivity index (χ0) is 22.0. The summed E-state index contributed by atoms with van der Waals surface area (Å²) in [4.78, 5) is 29.9. The Labute approximate surface area is 181 Å². The molecule has 2 aromatic heterocycles. The Morgan fingerprint density at radius 3 is 2.75 bits per heavy atom. The highest BCUT2D eigenvalue weighted by Crippen LogP contribution is 2.42. The highest BCUT2D eigenvalue weighted by atomic mass is 16.7. The lowest BCUT2D eigenvalue weighted by atomic mass is 9.98. The summed E-state index contributed by atoms with van der Waals surface area (Å²) < 4.78 is 17.6. The quantitative estimate of drug-likeness (QED) is 0.467. The van der Waals surface area contributed by atoms with E-state index < -0.39 is 12.1 Å². The van der Waals surface area contributed by atoms with E-state index in [0.717, 1.165) is 16.5 Å². The van der Waals surface area contributed by atoms with Crippen LogP contribution < -0.4 is 15.0 Å². The topological polar surface area (TPSA) is 120 Å². The second-order valence-corrected chi connectivity index (χ2v) is 7.85. The second-order valence-electron chi connectivity index (χ2n) is 7.85. The highest BCUT2D eigenvalue weighted by Gasteiger charge is 2.34. The summed E-state index contributed by atoms with van der Waals surface area (Å²) in [5.74, 6) is 0.444. The predicted octanol–water partition coefficient (Wildman–Crippen LogP) is 1.64. The number of aliphatic hydroxyl groups is 2. The van der Waals surface area contributed by atoms with Gasteiger partial charge in [0, 0.05) is 29.2 Å². The van der Waals surface area contributed by atoms with Crippen LogP contribution in [0.25, 0.3) is 28.4 Å². The lowest BCUT2D eigenvalue weighted by Crippen LogP contribution is -2.32. The van der Waals surface area contributed by atoms with Crippen molar-refractivity contribution in [2.45, 2.75) is 25.7 Å². The van der Waals surface area contributed by atoms with E-state index in [2.05, 4.69) is 0 Å². The maximum atomic E-state index is 13.2. The lowest BCUT2D eigenvalue weighted by molar-refractivity contribution is -0.157. The molecule has 3 aliphatic rings. The molecule has 0 radical (unpaired) electrons. The molecule has 2 N–H and O–H groups in total. The average molecular weight is 434 g/mol. The molecule has 3 aromatic rings. The van der Waals surface area contributed by atoms with Crippen LogP contribution in [0.4, 0.5) is 0 Å². The number of hydrogen-bond donors (Lipinski definition) is 2. The fraction of sp³-hybridized carbons (Fsp3) is 0.261. The first-order valence-corrected chi connectivity index (χ1v) is 10.2. The third-order valence-electron chi connectivity index (χ3n) is 6.07. The molecule has 9 heteroatoms. The molecule has 6 rings (SSSR count). The van der Waals surface area contributed by atoms with E-state index in [1.807, 2.05) is 18.2 Å². The van der Waals surface area contributed by atoms with Crippen LogP contribution in [0.15, 0.2) is 29.1 Å². The minimum atomic E-state index is -1.50. The van der Waals surface area contributed by atoms with Gasteiger partial charge >= 0.3 is 5.97 Å². The van der Waals surface area contributed by atoms with Gasteiger partial charge in [0.1, 0.15) is 6.61 Å². The van der Waals surface area contributed by atoms with Crippen LogP contribution in [0, 0.1) is 0 Å². The van der Waals surface area contributed by atoms with Crippen LogP contribution in [-0.4, -0.2) is 39.1 Å². The number of rotatable bonds is 3. The zero-order valence-electron chi connectivity index (χ0n) is 16.8. The van der Waals surface area contributed by atoms with Crippen LogP contribution in [0.5, 0.6) is 11.5 Å². The van der Waals surface area contributed by atoms with Gasteiger partial charge in [0.15, 0.2) is 17.6 Å². The first-order valence-electron chi connectivity index (χ1n) is 10.2. The summed E-state index contributed by atoms with van der Waals surface area (Å²) in [5.41, 5.74) is 3.73. The molecule has 0 bridgehead atoms. The molecule has 1 aromatic carbocycles. The summed E-state index contributed by atoms with van der Waals surface area (Å²) in [6.07, 6.45) is 2.77. The molecule has 0 saturated carbocycles. The van der Waals surface area contributed by atoms with E-state index in [1.165, 1.54) is 0 Å². The Morgan fingerprint density at radius 2 is 1.94 bits per heavy atom. The van der Waals surface area contributed by atoms with Gasteiger partial charge in [-0.2, -0.15) is 0 Å². The maximum Gasteiger partial charge on any atom is 0.340 e. The fourth-order valence-corrected chi connectivity index (χ4v) is 4.51. The van der Waals surface area contributed by atoms with Crippen molar-refractivity contribution in [1.29, 1.82) is 0 Å². The van der Waals surface area contributed by atoms with Crippen molar-refractivity contribution in [3.63, 3.8) is 0 Å². The number of ether oxygens (including phenoxy) is 3. The van der Waals surface area contributed by atoms with Gasteiger partial charge in [-0.3, -0.25) is 4.79 Å². The number of carbonyl (C=O) groups is 1. The fourth-order valence-electron chi connectivity index (χ4n) is 4.51. The Hall–Kier alpha value is -3.69. The molecule has 9 nitrogen and oxygen atoms in total. The van der Waals surface area contributed by atoms with E-state index >= 15 is 0 Å². The molecular formula is C23H18N2O7. The summed E-state index contributed by atoms with van der Waals surface area (Å²) >= 11 is 0. The summed E-state index contributed by atoms with van der Waals surface area (Å²) in [7, 11) is 0. The molecule has 1 unspecified atom stereocenters. The number of carbonyl (C=O) groups excluding carboxylic acids is 1. The van der Waals surface area contributed by atoms with Gasteiger partial charge in [0.25, 0.3) is 5.56 Å². The van der Waals surface area contributed by atoms with Gasteiger partial charge in [0.05, 0.1) is 29.0 Å². The van der Waals surface area contributed by atoms with Crippen LogP contribution in [0.3, 0.4) is 0 Å². The molecule has 0 aliphatic carbocycles. The highest BCUT2D eigenvalue weighted by molar-refractivity contribution is 5.95. The first-order chi connectivity index (χ1) is 15.6. The van der Waals surface area contributed by atoms with Gasteiger partial charge < -0.3 is 29.0 Å². The van der Waals surface area contributed by atoms with E-state index in [-0.39, 0.29) is 43.2 Å². The molecule has 0 amide bonds. The average Bonchev–Trinajstić information content (AvgIpc) is 3.39. The van der Waals surface area contributed by atoms with Crippen molar-refractivity contribution >= 4 is 22.9 Å². The smallest absolute Gasteiger partial charge is 0.340 e. The summed E-state index contributed by atoms with van der Waals surface area (Å²) in [6.45, 7) is 0.281. The zero-order valence-corrected chi connectivity index (χ0v) is 16.8. The third kappa shape index (κ3) is 2.61. The van der Waals surface area contributed by atoms with Gasteiger partial charge in [-0.15, -0.1) is 0 Å². The van der Waals surface area contributed by atoms with Gasteiger partial charge in [-0.25, -0.2) is 9.78 Å². The van der Waals surface area contributed by atoms with Gasteiger partial charge in [-0.1, -0.05) is 12.2 Å². The van der Waals surface area contributed by atoms with Crippen molar-refractivity contribution in [1.82, 2.24) is 9.55 Å². The van der Waals surface area contributed by atoms with Crippen LogP contribution in [-0.2, 0) is 22.7 Å². The van der Waals surface area contributed by atoms with E-state index in [0.29, 0.717) is 34.8 Å². The summed E-state index contributed by atoms with van der Waals surface area (Å²) in [6, 6.07) is 5.32. The Morgan fingerprint density at radius 1 is 1.12 bits per heavy atom. The molecule has 0 fully saturated rings. The van der Waals surface area contributed by atoms with Crippen molar-refractivity contribution < 1.29 is 29.2 Å². The van der Waals surface area contributed by atoms with Crippen molar-refractivity contribution in [3.8, 4) is 22.9 Å². The molecule has 0 spiro atoms. The number of hydrogen-bond acceptors (Lipinski definition) is 8. The van der Waals surface area contributed by atoms with Crippen LogP contribution >= 0.6 is 0 Å². The molecule has 1 atom stereocenters. The maximum absolute atomic E-state index is 13.2. The second kappa shape index (κ2) is 6.91. The van der Waals surface area contributed by atoms with Gasteiger partial charge in [-0.05, 0) is 24.1 Å². The SMILES string of the molecule is O=C1OCc2c(cc3n(c2=O)Cc2c-3nc3cc4c(cc3c2/C=C/CCO)OCO4)C1O. The molecule has 162 valence electrons. The number of benzene rings is 1. The van der Waals surface area contributed by atoms with Crippen molar-refractivity contribution in [2.75, 3.05) is 13.4 Å². The standard InChI is InChI=1S/C23H18N2O7/c26-4-2-1-3-11-12-6-18-19(32-10-31-18)7-16(12)24-20-14(11)8-25-17(20)5-13-15(22(25)28)9-30-23(29)21(13)27/h1,3,5-7,21,26-27H,2,4,8-10H2/b3-1+. The Kier molecular flexibility index (Phi) is 4.11. The van der Waals surface area contributed by atoms with E-state index in [4.69, 9.17) is 19.2 Å². The van der Waals surface area contributed by atoms with Crippen LogP contribution in [0.2, 0.25) is 0 Å². The number of esters is 1. The molecular weight excluding hydrogens is 416 g/mol. The summed E-state index contributed by atoms with van der Waals surface area (Å²) in [5, 5.41) is 20.4. The first kappa shape index (κ1) is 19.0. The number of aromatic nitrogens is 2. The van der Waals surface area contributed by atoms with Crippen LogP contribution in [0.1, 0.15) is 34.8 Å². The monoisotopic (exact) mass is 434 g/mol. The van der Waals surface area contributed by atoms with Crippen molar-refractivity contribution in [2.24, 2.45) is 0 Å². The molecule has 0 saturated heterocycles.